The molecule has 2 rings (SSSR count). The van der Waals surface area contributed by atoms with Gasteiger partial charge in [-0.3, -0.25) is 4.79 Å². The molecule has 0 saturated carbocycles. The number of Topliss-reactive ketones (excluding diaryl/α,β-unsaturated/α-hetero) is 1. The summed E-state index contributed by atoms with van der Waals surface area (Å²) < 4.78 is 22.3. The Morgan fingerprint density at radius 3 is 2.61 bits per heavy atom. The Labute approximate surface area is 113 Å². The van der Waals surface area contributed by atoms with Crippen molar-refractivity contribution in [2.75, 3.05) is 6.26 Å². The van der Waals surface area contributed by atoms with Crippen LogP contribution in [0.25, 0.3) is 10.6 Å². The zero-order valence-corrected chi connectivity index (χ0v) is 12.3. The number of hydrogen-bond acceptors (Lipinski definition) is 6. The monoisotopic (exact) mass is 301 g/mol. The molecule has 0 radical (unpaired) electrons. The molecule has 0 amide bonds. The maximum absolute atomic E-state index is 11.2. The summed E-state index contributed by atoms with van der Waals surface area (Å²) in [5, 5.41) is 4.18. The molecule has 0 N–H and O–H groups in total. The summed E-state index contributed by atoms with van der Waals surface area (Å²) in [6, 6.07) is 1.78. The highest BCUT2D eigenvalue weighted by atomic mass is 32.2. The molecule has 0 bridgehead atoms. The van der Waals surface area contributed by atoms with E-state index in [0.717, 1.165) is 10.6 Å². The van der Waals surface area contributed by atoms with E-state index in [-0.39, 0.29) is 11.5 Å². The molecule has 0 aromatic carbocycles. The van der Waals surface area contributed by atoms with Gasteiger partial charge in [0.1, 0.15) is 10.8 Å². The van der Waals surface area contributed by atoms with Crippen LogP contribution >= 0.6 is 22.7 Å². The fourth-order valence-corrected chi connectivity index (χ4v) is 4.36. The SMILES string of the molecule is CC(=O)c1csc(-c2csc(CS(C)(=O)=O)n2)c1. The molecule has 0 spiro atoms. The highest BCUT2D eigenvalue weighted by Crippen LogP contribution is 2.29. The number of thiophene rings is 1. The number of aromatic nitrogens is 1. The third-order valence-electron chi connectivity index (χ3n) is 2.20. The first kappa shape index (κ1) is 13.4. The van der Waals surface area contributed by atoms with Gasteiger partial charge in [0.2, 0.25) is 0 Å². The van der Waals surface area contributed by atoms with Crippen LogP contribution in [-0.2, 0) is 15.6 Å². The van der Waals surface area contributed by atoms with E-state index in [0.29, 0.717) is 10.6 Å². The number of carbonyl (C=O) groups excluding carboxylic acids is 1. The van der Waals surface area contributed by atoms with Crippen molar-refractivity contribution in [2.45, 2.75) is 12.7 Å². The van der Waals surface area contributed by atoms with Gasteiger partial charge in [-0.1, -0.05) is 0 Å². The standard InChI is InChI=1S/C11H11NO3S3/c1-7(13)8-3-10(16-4-8)9-5-17-11(12-9)6-18(2,14)15/h3-5H,6H2,1-2H3. The van der Waals surface area contributed by atoms with E-state index in [1.54, 1.807) is 11.4 Å². The van der Waals surface area contributed by atoms with Gasteiger partial charge in [0, 0.05) is 22.6 Å². The maximum Gasteiger partial charge on any atom is 0.160 e. The van der Waals surface area contributed by atoms with Crippen LogP contribution in [0.2, 0.25) is 0 Å². The van der Waals surface area contributed by atoms with E-state index >= 15 is 0 Å². The molecule has 96 valence electrons. The third-order valence-corrected chi connectivity index (χ3v) is 4.98. The summed E-state index contributed by atoms with van der Waals surface area (Å²) in [6.45, 7) is 1.52. The number of hydrogen-bond donors (Lipinski definition) is 0. The van der Waals surface area contributed by atoms with Crippen LogP contribution in [0.1, 0.15) is 22.3 Å². The molecule has 0 aliphatic heterocycles. The van der Waals surface area contributed by atoms with Crippen molar-refractivity contribution >= 4 is 38.3 Å². The molecule has 0 unspecified atom stereocenters. The second kappa shape index (κ2) is 4.91. The minimum atomic E-state index is -3.06. The molecule has 0 atom stereocenters. The second-order valence-corrected chi connectivity index (χ2v) is 7.95. The van der Waals surface area contributed by atoms with E-state index in [1.165, 1.54) is 35.9 Å². The van der Waals surface area contributed by atoms with E-state index in [9.17, 15) is 13.2 Å². The lowest BCUT2D eigenvalue weighted by atomic mass is 10.2. The first-order valence-corrected chi connectivity index (χ1v) is 8.89. The van der Waals surface area contributed by atoms with Gasteiger partial charge in [-0.25, -0.2) is 13.4 Å². The number of nitrogens with zero attached hydrogens (tertiary/aromatic N) is 1. The molecule has 2 aromatic heterocycles. The molecule has 0 aliphatic carbocycles. The fourth-order valence-electron chi connectivity index (χ4n) is 1.37. The number of sulfone groups is 1. The summed E-state index contributed by atoms with van der Waals surface area (Å²) in [4.78, 5) is 16.4. The normalized spacial score (nSPS) is 11.7. The molecule has 18 heavy (non-hydrogen) atoms. The van der Waals surface area contributed by atoms with E-state index in [1.807, 2.05) is 5.38 Å². The Morgan fingerprint density at radius 1 is 1.33 bits per heavy atom. The summed E-state index contributed by atoms with van der Waals surface area (Å²) in [5.74, 6) is -0.0214. The van der Waals surface area contributed by atoms with E-state index in [4.69, 9.17) is 0 Å². The van der Waals surface area contributed by atoms with Crippen LogP contribution in [0.4, 0.5) is 0 Å². The van der Waals surface area contributed by atoms with Crippen LogP contribution in [0, 0.1) is 0 Å². The number of carbonyl (C=O) groups is 1. The molecule has 0 fully saturated rings. The van der Waals surface area contributed by atoms with Crippen molar-refractivity contribution < 1.29 is 13.2 Å². The topological polar surface area (TPSA) is 64.1 Å². The van der Waals surface area contributed by atoms with Gasteiger partial charge in [-0.05, 0) is 13.0 Å². The Morgan fingerprint density at radius 2 is 2.06 bits per heavy atom. The second-order valence-electron chi connectivity index (χ2n) is 3.95. The van der Waals surface area contributed by atoms with E-state index < -0.39 is 9.84 Å². The molecular weight excluding hydrogens is 290 g/mol. The average molecular weight is 301 g/mol. The van der Waals surface area contributed by atoms with Gasteiger partial charge >= 0.3 is 0 Å². The van der Waals surface area contributed by atoms with Crippen LogP contribution < -0.4 is 0 Å². The average Bonchev–Trinajstić information content (AvgIpc) is 2.81. The fraction of sp³-hybridized carbons (Fsp3) is 0.273. The maximum atomic E-state index is 11.2. The summed E-state index contributed by atoms with van der Waals surface area (Å²) in [6.07, 6.45) is 1.19. The van der Waals surface area contributed by atoms with Gasteiger partial charge in [0.05, 0.1) is 10.6 Å². The van der Waals surface area contributed by atoms with Crippen LogP contribution in [0.3, 0.4) is 0 Å². The molecule has 2 heterocycles. The minimum Gasteiger partial charge on any atom is -0.294 e. The predicted octanol–water partition coefficient (Wildman–Crippen LogP) is 2.62. The summed E-state index contributed by atoms with van der Waals surface area (Å²) in [5.41, 5.74) is 1.39. The Hall–Kier alpha value is -1.05. The van der Waals surface area contributed by atoms with Gasteiger partial charge in [-0.15, -0.1) is 22.7 Å². The Balaban J connectivity index is 2.26. The molecule has 4 nitrogen and oxygen atoms in total. The highest BCUT2D eigenvalue weighted by Gasteiger charge is 2.12. The summed E-state index contributed by atoms with van der Waals surface area (Å²) in [7, 11) is -3.06. The van der Waals surface area contributed by atoms with Crippen molar-refractivity contribution in [3.63, 3.8) is 0 Å². The molecule has 2 aromatic rings. The zero-order chi connectivity index (χ0) is 13.3. The Kier molecular flexibility index (Phi) is 3.65. The highest BCUT2D eigenvalue weighted by molar-refractivity contribution is 7.90. The molecule has 0 aliphatic rings. The van der Waals surface area contributed by atoms with Gasteiger partial charge < -0.3 is 0 Å². The van der Waals surface area contributed by atoms with Gasteiger partial charge in [0.25, 0.3) is 0 Å². The van der Waals surface area contributed by atoms with Crippen molar-refractivity contribution in [2.24, 2.45) is 0 Å². The zero-order valence-electron chi connectivity index (χ0n) is 9.84. The first-order valence-electron chi connectivity index (χ1n) is 5.07. The lowest BCUT2D eigenvalue weighted by molar-refractivity contribution is 0.101. The van der Waals surface area contributed by atoms with Crippen molar-refractivity contribution in [1.82, 2.24) is 4.98 Å². The Bertz CT molecular complexity index is 682. The minimum absolute atomic E-state index is 0.0177. The van der Waals surface area contributed by atoms with E-state index in [2.05, 4.69) is 4.98 Å². The molecule has 0 saturated heterocycles. The number of ketones is 1. The van der Waals surface area contributed by atoms with Crippen molar-refractivity contribution in [1.29, 1.82) is 0 Å². The first-order chi connectivity index (χ1) is 8.35. The molecule has 7 heteroatoms. The van der Waals surface area contributed by atoms with Crippen molar-refractivity contribution in [3.8, 4) is 10.6 Å². The number of thiazole rings is 1. The van der Waals surface area contributed by atoms with Crippen LogP contribution in [0.15, 0.2) is 16.8 Å². The number of rotatable bonds is 4. The predicted molar refractivity (Wildman–Crippen MR) is 74.0 cm³/mol. The van der Waals surface area contributed by atoms with Crippen LogP contribution in [0.5, 0.6) is 0 Å². The smallest absolute Gasteiger partial charge is 0.160 e. The van der Waals surface area contributed by atoms with Crippen LogP contribution in [-0.4, -0.2) is 25.4 Å². The lowest BCUT2D eigenvalue weighted by Crippen LogP contribution is -1.99. The summed E-state index contributed by atoms with van der Waals surface area (Å²) >= 11 is 2.76. The van der Waals surface area contributed by atoms with Gasteiger partial charge in [-0.2, -0.15) is 0 Å². The van der Waals surface area contributed by atoms with Crippen molar-refractivity contribution in [3.05, 3.63) is 27.4 Å². The molecular formula is C11H11NO3S3. The lowest BCUT2D eigenvalue weighted by Gasteiger charge is -1.92. The van der Waals surface area contributed by atoms with Gasteiger partial charge in [0.15, 0.2) is 15.6 Å². The largest absolute Gasteiger partial charge is 0.294 e. The quantitative estimate of drug-likeness (QED) is 0.814. The third kappa shape index (κ3) is 3.24.